The number of nitrogens with one attached hydrogen (secondary N) is 1. The van der Waals surface area contributed by atoms with Crippen molar-refractivity contribution in [1.29, 1.82) is 0 Å². The van der Waals surface area contributed by atoms with E-state index in [0.717, 1.165) is 12.3 Å². The Morgan fingerprint density at radius 1 is 0.886 bits per heavy atom. The van der Waals surface area contributed by atoms with Crippen LogP contribution < -0.4 is 25.5 Å². The summed E-state index contributed by atoms with van der Waals surface area (Å²) < 4.78 is 82.4. The van der Waals surface area contributed by atoms with Crippen LogP contribution in [-0.4, -0.2) is 60.5 Å². The van der Waals surface area contributed by atoms with Crippen molar-refractivity contribution in [2.24, 2.45) is 10.3 Å². The third-order valence-corrected chi connectivity index (χ3v) is 9.98. The lowest BCUT2D eigenvalue weighted by Crippen LogP contribution is -2.29. The summed E-state index contributed by atoms with van der Waals surface area (Å²) in [4.78, 5) is 29.7. The van der Waals surface area contributed by atoms with Gasteiger partial charge < -0.3 is 15.6 Å². The number of aromatic carboxylic acids is 1. The maximum Gasteiger partial charge on any atom is 0.363 e. The lowest BCUT2D eigenvalue weighted by Gasteiger charge is -2.12. The maximum atomic E-state index is 13.5. The van der Waals surface area contributed by atoms with E-state index in [2.05, 4.69) is 9.71 Å². The molecule has 232 valence electrons. The Morgan fingerprint density at radius 2 is 1.55 bits per heavy atom. The van der Waals surface area contributed by atoms with E-state index in [9.17, 15) is 39.9 Å². The monoisotopic (exact) mass is 665 g/mol. The van der Waals surface area contributed by atoms with Crippen LogP contribution in [0.3, 0.4) is 0 Å². The Hall–Kier alpha value is -4.76. The second kappa shape index (κ2) is 10.7. The minimum absolute atomic E-state index is 0.0538. The van der Waals surface area contributed by atoms with Crippen molar-refractivity contribution < 1.29 is 44.7 Å². The zero-order valence-corrected chi connectivity index (χ0v) is 24.6. The van der Waals surface area contributed by atoms with Crippen LogP contribution in [0.2, 0.25) is 0 Å². The molecule has 1 aromatic carbocycles. The van der Waals surface area contributed by atoms with Crippen LogP contribution in [0.25, 0.3) is 22.3 Å². The number of benzene rings is 1. The Kier molecular flexibility index (Phi) is 7.50. The summed E-state index contributed by atoms with van der Waals surface area (Å²) in [7, 11) is -13.2. The molecule has 5 rings (SSSR count). The molecule has 0 radical (unpaired) electrons. The summed E-state index contributed by atoms with van der Waals surface area (Å²) in [6, 6.07) is 8.72. The number of nitrogens with zero attached hydrogens (tertiary/aromatic N) is 3. The molecular formula is C24H23N7O10S3. The molecule has 0 saturated heterocycles. The number of carboxylic acids is 1. The largest absolute Gasteiger partial charge is 0.477 e. The molecular weight excluding hydrogens is 643 g/mol. The molecule has 3 heterocycles. The molecule has 20 heteroatoms. The number of sulfonamides is 1. The van der Waals surface area contributed by atoms with Crippen molar-refractivity contribution in [2.75, 3.05) is 10.5 Å². The molecule has 3 aromatic heterocycles. The van der Waals surface area contributed by atoms with E-state index in [1.165, 1.54) is 48.8 Å². The van der Waals surface area contributed by atoms with Crippen molar-refractivity contribution in [1.82, 2.24) is 12.9 Å². The molecule has 0 atom stereocenters. The Bertz CT molecular complexity index is 2150. The number of carboxylic acid groups (broad SMARTS) is 1. The Labute approximate surface area is 250 Å². The van der Waals surface area contributed by atoms with E-state index in [1.807, 2.05) is 0 Å². The van der Waals surface area contributed by atoms with Gasteiger partial charge in [-0.25, -0.2) is 32.3 Å². The second-order valence-corrected chi connectivity index (χ2v) is 14.4. The maximum absolute atomic E-state index is 13.5. The number of carbonyl (C=O) groups excluding carboxylic acids is 1. The summed E-state index contributed by atoms with van der Waals surface area (Å²) in [6.45, 7) is 0. The predicted molar refractivity (Wildman–Crippen MR) is 156 cm³/mol. The van der Waals surface area contributed by atoms with E-state index < -0.39 is 64.9 Å². The van der Waals surface area contributed by atoms with Crippen LogP contribution in [0.4, 0.5) is 11.4 Å². The molecule has 8 N–H and O–H groups in total. The van der Waals surface area contributed by atoms with Gasteiger partial charge in [0.15, 0.2) is 11.4 Å². The summed E-state index contributed by atoms with van der Waals surface area (Å²) >= 11 is 0. The molecule has 0 amide bonds. The normalized spacial score (nSPS) is 13.9. The van der Waals surface area contributed by atoms with Crippen molar-refractivity contribution in [3.05, 3.63) is 72.4 Å². The van der Waals surface area contributed by atoms with E-state index in [-0.39, 0.29) is 37.6 Å². The SMILES string of the molecule is Nc1cncc(-c2ccn(S(N)(=O)=O)c2C(=O)Oc2cc(-c3ccc(NS(=O)(=O)C4CC4)cc3)c(C(=O)O)n2S(N)(=O)=O)c1. The van der Waals surface area contributed by atoms with Crippen LogP contribution in [0.5, 0.6) is 5.88 Å². The fourth-order valence-electron chi connectivity index (χ4n) is 4.37. The minimum Gasteiger partial charge on any atom is -0.477 e. The molecule has 1 aliphatic rings. The number of anilines is 2. The van der Waals surface area contributed by atoms with Crippen molar-refractivity contribution in [3.63, 3.8) is 0 Å². The predicted octanol–water partition coefficient (Wildman–Crippen LogP) is 0.526. The molecule has 0 bridgehead atoms. The van der Waals surface area contributed by atoms with E-state index in [0.29, 0.717) is 16.8 Å². The zero-order valence-electron chi connectivity index (χ0n) is 22.2. The first-order valence-corrected chi connectivity index (χ1v) is 16.8. The summed E-state index contributed by atoms with van der Waals surface area (Å²) in [5.41, 5.74) is 4.38. The molecule has 1 saturated carbocycles. The second-order valence-electron chi connectivity index (χ2n) is 9.60. The van der Waals surface area contributed by atoms with Crippen LogP contribution in [0, 0.1) is 0 Å². The van der Waals surface area contributed by atoms with Gasteiger partial charge in [-0.2, -0.15) is 20.8 Å². The first kappa shape index (κ1) is 30.7. The number of rotatable bonds is 10. The highest BCUT2D eigenvalue weighted by atomic mass is 32.2. The summed E-state index contributed by atoms with van der Waals surface area (Å²) in [5, 5.41) is 20.0. The van der Waals surface area contributed by atoms with Gasteiger partial charge in [0.05, 0.1) is 10.9 Å². The van der Waals surface area contributed by atoms with E-state index in [4.69, 9.17) is 20.7 Å². The Balaban J connectivity index is 1.61. The first-order valence-electron chi connectivity index (χ1n) is 12.3. The van der Waals surface area contributed by atoms with Gasteiger partial charge >= 0.3 is 32.4 Å². The van der Waals surface area contributed by atoms with Gasteiger partial charge in [0, 0.05) is 47.0 Å². The molecule has 1 fully saturated rings. The number of pyridine rings is 1. The average molecular weight is 666 g/mol. The molecule has 44 heavy (non-hydrogen) atoms. The van der Waals surface area contributed by atoms with Crippen molar-refractivity contribution in [2.45, 2.75) is 18.1 Å². The number of carbonyl (C=O) groups is 2. The number of esters is 1. The molecule has 0 aliphatic heterocycles. The first-order chi connectivity index (χ1) is 20.5. The van der Waals surface area contributed by atoms with Crippen LogP contribution >= 0.6 is 0 Å². The van der Waals surface area contributed by atoms with Gasteiger partial charge in [0.2, 0.25) is 15.9 Å². The quantitative estimate of drug-likeness (QED) is 0.145. The van der Waals surface area contributed by atoms with Gasteiger partial charge in [0.1, 0.15) is 0 Å². The average Bonchev–Trinajstić information content (AvgIpc) is 3.56. The van der Waals surface area contributed by atoms with Crippen molar-refractivity contribution >= 4 is 53.8 Å². The minimum atomic E-state index is -4.96. The molecule has 1 aliphatic carbocycles. The van der Waals surface area contributed by atoms with E-state index in [1.54, 1.807) is 0 Å². The topological polar surface area (TPSA) is 279 Å². The molecule has 4 aromatic rings. The van der Waals surface area contributed by atoms with Gasteiger partial charge in [-0.3, -0.25) is 9.71 Å². The van der Waals surface area contributed by atoms with Gasteiger partial charge in [-0.1, -0.05) is 12.1 Å². The van der Waals surface area contributed by atoms with Gasteiger partial charge in [-0.05, 0) is 42.7 Å². The Morgan fingerprint density at radius 3 is 2.09 bits per heavy atom. The fourth-order valence-corrected chi connectivity index (χ4v) is 7.18. The zero-order chi connectivity index (χ0) is 32.2. The standard InChI is InChI=1S/C24H23N7O10S3/c25-15-9-14(11-28-12-15)18-7-8-30(43(26,37)38)22(18)24(34)41-20-10-19(21(23(32)33)31(20)44(27,39)40)13-1-3-16(4-2-13)29-42(35,36)17-5-6-17/h1-4,7-12,17,29H,5-6,25H2,(H,32,33)(H2,26,37,38)(H2,27,39,40). The fraction of sp³-hybridized carbons (Fsp3) is 0.125. The highest BCUT2D eigenvalue weighted by Gasteiger charge is 2.36. The highest BCUT2D eigenvalue weighted by Crippen LogP contribution is 2.36. The van der Waals surface area contributed by atoms with Crippen LogP contribution in [0.1, 0.15) is 33.8 Å². The van der Waals surface area contributed by atoms with Crippen LogP contribution in [-0.2, 0) is 30.4 Å². The third kappa shape index (κ3) is 6.01. The van der Waals surface area contributed by atoms with E-state index >= 15 is 0 Å². The van der Waals surface area contributed by atoms with Gasteiger partial charge in [0.25, 0.3) is 0 Å². The number of ether oxygens (including phenoxy) is 1. The summed E-state index contributed by atoms with van der Waals surface area (Å²) in [6.07, 6.45) is 4.55. The molecule has 0 spiro atoms. The van der Waals surface area contributed by atoms with Crippen molar-refractivity contribution in [3.8, 4) is 28.1 Å². The lowest BCUT2D eigenvalue weighted by atomic mass is 10.1. The summed E-state index contributed by atoms with van der Waals surface area (Å²) in [5.74, 6) is -4.14. The number of hydrogen-bond donors (Lipinski definition) is 5. The smallest absolute Gasteiger partial charge is 0.363 e. The van der Waals surface area contributed by atoms with Crippen LogP contribution in [0.15, 0.2) is 61.1 Å². The van der Waals surface area contributed by atoms with Gasteiger partial charge in [-0.15, -0.1) is 0 Å². The lowest BCUT2D eigenvalue weighted by molar-refractivity contribution is 0.0675. The number of aromatic nitrogens is 3. The number of nitrogens with two attached hydrogens (primary N) is 3. The molecule has 17 nitrogen and oxygen atoms in total. The third-order valence-electron chi connectivity index (χ3n) is 6.39. The molecule has 0 unspecified atom stereocenters. The number of nitrogen functional groups attached to an aromatic ring is 1. The number of hydrogen-bond acceptors (Lipinski definition) is 11. The highest BCUT2D eigenvalue weighted by molar-refractivity contribution is 7.93.